The lowest BCUT2D eigenvalue weighted by Gasteiger charge is -2.14. The van der Waals surface area contributed by atoms with Gasteiger partial charge in [0.2, 0.25) is 11.3 Å². The maximum atomic E-state index is 12.5. The van der Waals surface area contributed by atoms with Crippen LogP contribution in [0.1, 0.15) is 15.9 Å². The second kappa shape index (κ2) is 4.48. The van der Waals surface area contributed by atoms with Crippen LogP contribution in [0.4, 0.5) is 26.3 Å². The predicted molar refractivity (Wildman–Crippen MR) is 45.7 cm³/mol. The summed E-state index contributed by atoms with van der Waals surface area (Å²) in [6.07, 6.45) is -10.8. The molecule has 0 aliphatic heterocycles. The number of aromatic amines is 1. The van der Waals surface area contributed by atoms with Crippen molar-refractivity contribution in [3.05, 3.63) is 27.5 Å². The summed E-state index contributed by atoms with van der Waals surface area (Å²) in [5, 5.41) is 8.43. The van der Waals surface area contributed by atoms with Crippen molar-refractivity contribution in [2.45, 2.75) is 12.5 Å². The molecule has 0 unspecified atom stereocenters. The molecule has 1 aromatic rings. The molecule has 1 rings (SSSR count). The van der Waals surface area contributed by atoms with Crippen LogP contribution in [0.2, 0.25) is 0 Å². The summed E-state index contributed by atoms with van der Waals surface area (Å²) in [6.45, 7) is 0. The number of aromatic carboxylic acids is 1. The molecule has 0 fully saturated rings. The van der Waals surface area contributed by atoms with Crippen molar-refractivity contribution in [2.75, 3.05) is 0 Å². The maximum absolute atomic E-state index is 12.5. The van der Waals surface area contributed by atoms with Gasteiger partial charge in [0.05, 0.1) is 0 Å². The first-order chi connectivity index (χ1) is 8.43. The average molecular weight is 291 g/mol. The summed E-state index contributed by atoms with van der Waals surface area (Å²) in [6, 6.07) is 0. The van der Waals surface area contributed by atoms with Gasteiger partial charge in [-0.2, -0.15) is 13.2 Å². The number of H-pyrrole nitrogens is 1. The summed E-state index contributed by atoms with van der Waals surface area (Å²) in [5.74, 6) is -3.94. The first-order valence-corrected chi connectivity index (χ1v) is 4.25. The van der Waals surface area contributed by atoms with Crippen molar-refractivity contribution in [3.8, 4) is 5.88 Å². The fourth-order valence-electron chi connectivity index (χ4n) is 1.13. The topological polar surface area (TPSA) is 79.4 Å². The van der Waals surface area contributed by atoms with Crippen LogP contribution < -0.4 is 10.2 Å². The minimum atomic E-state index is -5.51. The summed E-state index contributed by atoms with van der Waals surface area (Å²) < 4.78 is 76.0. The second-order valence-corrected chi connectivity index (χ2v) is 3.09. The third-order valence-electron chi connectivity index (χ3n) is 1.78. The van der Waals surface area contributed by atoms with E-state index in [1.54, 1.807) is 0 Å². The predicted octanol–water partition coefficient (Wildman–Crippen LogP) is 1.99. The highest BCUT2D eigenvalue weighted by molar-refractivity contribution is 5.87. The molecule has 0 atom stereocenters. The first-order valence-electron chi connectivity index (χ1n) is 4.25. The van der Waals surface area contributed by atoms with Crippen molar-refractivity contribution >= 4 is 5.97 Å². The Hall–Kier alpha value is -2.20. The van der Waals surface area contributed by atoms with Crippen molar-refractivity contribution in [1.82, 2.24) is 4.98 Å². The van der Waals surface area contributed by atoms with Gasteiger partial charge in [-0.3, -0.25) is 4.79 Å². The molecular formula is C8H3F6NO4. The van der Waals surface area contributed by atoms with Gasteiger partial charge in [-0.25, -0.2) is 4.79 Å². The molecule has 0 aromatic carbocycles. The zero-order valence-electron chi connectivity index (χ0n) is 8.52. The van der Waals surface area contributed by atoms with Crippen LogP contribution in [-0.4, -0.2) is 22.4 Å². The van der Waals surface area contributed by atoms with Crippen LogP contribution in [0.3, 0.4) is 0 Å². The van der Waals surface area contributed by atoms with Gasteiger partial charge in [-0.15, -0.1) is 13.2 Å². The van der Waals surface area contributed by atoms with Crippen molar-refractivity contribution in [2.24, 2.45) is 0 Å². The van der Waals surface area contributed by atoms with E-state index in [9.17, 15) is 35.9 Å². The summed E-state index contributed by atoms with van der Waals surface area (Å²) in [4.78, 5) is 23.0. The van der Waals surface area contributed by atoms with E-state index in [0.29, 0.717) is 0 Å². The lowest BCUT2D eigenvalue weighted by Crippen LogP contribution is -2.29. The number of carboxylic acids is 1. The number of carbonyl (C=O) groups is 1. The SMILES string of the molecule is O=C(O)c1c[nH]c(OC(F)(F)F)c(C(F)(F)F)c1=O. The molecule has 0 saturated carbocycles. The van der Waals surface area contributed by atoms with Crippen molar-refractivity contribution < 1.29 is 41.0 Å². The number of ether oxygens (including phenoxy) is 1. The largest absolute Gasteiger partial charge is 0.574 e. The van der Waals surface area contributed by atoms with E-state index in [2.05, 4.69) is 4.74 Å². The van der Waals surface area contributed by atoms with Crippen molar-refractivity contribution in [1.29, 1.82) is 0 Å². The van der Waals surface area contributed by atoms with Crippen LogP contribution >= 0.6 is 0 Å². The summed E-state index contributed by atoms with van der Waals surface area (Å²) in [7, 11) is 0. The highest BCUT2D eigenvalue weighted by Gasteiger charge is 2.43. The van der Waals surface area contributed by atoms with E-state index in [1.807, 2.05) is 0 Å². The van der Waals surface area contributed by atoms with Gasteiger partial charge in [0.25, 0.3) is 0 Å². The Morgan fingerprint density at radius 1 is 1.21 bits per heavy atom. The monoisotopic (exact) mass is 291 g/mol. The third-order valence-corrected chi connectivity index (χ3v) is 1.78. The standard InChI is InChI=1S/C8H3F6NO4/c9-7(10,11)3-4(16)2(6(17)18)1-15-5(3)19-8(12,13)14/h1H,(H,15,16)(H,17,18). The zero-order chi connectivity index (χ0) is 15.0. The number of halogens is 6. The van der Waals surface area contributed by atoms with Gasteiger partial charge < -0.3 is 14.8 Å². The Bertz CT molecular complexity index is 558. The van der Waals surface area contributed by atoms with E-state index in [0.717, 1.165) is 0 Å². The van der Waals surface area contributed by atoms with E-state index in [4.69, 9.17) is 5.11 Å². The highest BCUT2D eigenvalue weighted by Crippen LogP contribution is 2.34. The Kier molecular flexibility index (Phi) is 3.50. The molecule has 19 heavy (non-hydrogen) atoms. The molecule has 0 saturated heterocycles. The molecule has 0 spiro atoms. The van der Waals surface area contributed by atoms with Gasteiger partial charge >= 0.3 is 18.5 Å². The van der Waals surface area contributed by atoms with E-state index in [1.165, 1.54) is 4.98 Å². The average Bonchev–Trinajstić information content (AvgIpc) is 2.11. The highest BCUT2D eigenvalue weighted by atomic mass is 19.4. The van der Waals surface area contributed by atoms with Gasteiger partial charge in [0.1, 0.15) is 5.56 Å². The molecule has 5 nitrogen and oxygen atoms in total. The molecule has 1 heterocycles. The van der Waals surface area contributed by atoms with E-state index in [-0.39, 0.29) is 6.20 Å². The van der Waals surface area contributed by atoms with Crippen LogP contribution in [0.25, 0.3) is 0 Å². The molecule has 106 valence electrons. The first kappa shape index (κ1) is 14.9. The molecule has 0 aliphatic carbocycles. The number of rotatable bonds is 2. The maximum Gasteiger partial charge on any atom is 0.574 e. The number of carboxylic acid groups (broad SMARTS) is 1. The number of hydrogen-bond donors (Lipinski definition) is 2. The third kappa shape index (κ3) is 3.39. The molecule has 11 heteroatoms. The van der Waals surface area contributed by atoms with Crippen LogP contribution in [0.5, 0.6) is 5.88 Å². The van der Waals surface area contributed by atoms with E-state index < -0.39 is 40.9 Å². The molecule has 0 radical (unpaired) electrons. The summed E-state index contributed by atoms with van der Waals surface area (Å²) in [5.41, 5.74) is -5.86. The van der Waals surface area contributed by atoms with Gasteiger partial charge in [0, 0.05) is 6.20 Å². The zero-order valence-corrected chi connectivity index (χ0v) is 8.52. The van der Waals surface area contributed by atoms with Crippen LogP contribution in [0, 0.1) is 0 Å². The molecule has 0 amide bonds. The summed E-state index contributed by atoms with van der Waals surface area (Å²) >= 11 is 0. The fourth-order valence-corrected chi connectivity index (χ4v) is 1.13. The van der Waals surface area contributed by atoms with Gasteiger partial charge in [0.15, 0.2) is 5.56 Å². The quantitative estimate of drug-likeness (QED) is 0.817. The van der Waals surface area contributed by atoms with Crippen LogP contribution in [-0.2, 0) is 6.18 Å². The minimum Gasteiger partial charge on any atom is -0.477 e. The lowest BCUT2D eigenvalue weighted by molar-refractivity contribution is -0.278. The van der Waals surface area contributed by atoms with Gasteiger partial charge in [-0.1, -0.05) is 0 Å². The van der Waals surface area contributed by atoms with Gasteiger partial charge in [-0.05, 0) is 0 Å². The molecule has 0 aliphatic rings. The molecule has 0 bridgehead atoms. The lowest BCUT2D eigenvalue weighted by atomic mass is 10.1. The molecule has 2 N–H and O–H groups in total. The van der Waals surface area contributed by atoms with Crippen molar-refractivity contribution in [3.63, 3.8) is 0 Å². The number of hydrogen-bond acceptors (Lipinski definition) is 3. The Morgan fingerprint density at radius 3 is 2.11 bits per heavy atom. The fraction of sp³-hybridized carbons (Fsp3) is 0.250. The Labute approximate surface area is 99.0 Å². The molecule has 1 aromatic heterocycles. The van der Waals surface area contributed by atoms with E-state index >= 15 is 0 Å². The minimum absolute atomic E-state index is 0.182. The number of alkyl halides is 6. The Balaban J connectivity index is 3.55. The van der Waals surface area contributed by atoms with Crippen LogP contribution in [0.15, 0.2) is 11.0 Å². The number of pyridine rings is 1. The Morgan fingerprint density at radius 2 is 1.74 bits per heavy atom. The normalized spacial score (nSPS) is 12.3. The molecular weight excluding hydrogens is 288 g/mol. The second-order valence-electron chi connectivity index (χ2n) is 3.09. The number of nitrogens with one attached hydrogen (secondary N) is 1. The smallest absolute Gasteiger partial charge is 0.477 e. The number of aromatic nitrogens is 1.